The summed E-state index contributed by atoms with van der Waals surface area (Å²) in [7, 11) is 6.77. The fourth-order valence-electron chi connectivity index (χ4n) is 5.58. The van der Waals surface area contributed by atoms with Gasteiger partial charge in [0.05, 0.1) is 27.8 Å². The van der Waals surface area contributed by atoms with Crippen LogP contribution in [0.25, 0.3) is 22.0 Å². The second-order valence-electron chi connectivity index (χ2n) is 9.94. The third-order valence-corrected chi connectivity index (χ3v) is 7.61. The number of benzene rings is 2. The number of carbonyl (C=O) groups excluding carboxylic acids is 2. The molecule has 0 amide bonds. The van der Waals surface area contributed by atoms with Crippen molar-refractivity contribution >= 4 is 33.6 Å². The van der Waals surface area contributed by atoms with Crippen molar-refractivity contribution in [3.63, 3.8) is 0 Å². The van der Waals surface area contributed by atoms with Gasteiger partial charge in [-0.15, -0.1) is 0 Å². The van der Waals surface area contributed by atoms with E-state index >= 15 is 0 Å². The molecular weight excluding hydrogens is 482 g/mol. The van der Waals surface area contributed by atoms with Gasteiger partial charge in [-0.2, -0.15) is 0 Å². The van der Waals surface area contributed by atoms with Crippen LogP contribution in [0, 0.1) is 0 Å². The first kappa shape index (κ1) is 26.0. The summed E-state index contributed by atoms with van der Waals surface area (Å²) in [5.74, 6) is 0.944. The molecule has 8 heteroatoms. The SMILES string of the molecule is COc1cc(C2=C(c3cn(CCCN4CCN(C)CC4)c4ccccc34)C(=O)CC2=O)cc(OC)c1OC. The number of Topliss-reactive ketones (excluding diaryl/α,β-unsaturated/α-hetero) is 2. The number of rotatable bonds is 9. The second-order valence-corrected chi connectivity index (χ2v) is 9.94. The molecule has 1 aromatic heterocycles. The zero-order valence-electron chi connectivity index (χ0n) is 22.6. The number of ketones is 2. The largest absolute Gasteiger partial charge is 0.493 e. The van der Waals surface area contributed by atoms with Gasteiger partial charge < -0.3 is 28.6 Å². The fourth-order valence-corrected chi connectivity index (χ4v) is 5.58. The summed E-state index contributed by atoms with van der Waals surface area (Å²) < 4.78 is 18.7. The number of hydrogen-bond donors (Lipinski definition) is 0. The number of hydrogen-bond acceptors (Lipinski definition) is 7. The maximum Gasteiger partial charge on any atom is 0.203 e. The molecule has 1 aliphatic carbocycles. The maximum atomic E-state index is 13.3. The number of ether oxygens (including phenoxy) is 3. The molecular formula is C30H35N3O5. The van der Waals surface area contributed by atoms with E-state index in [-0.39, 0.29) is 18.0 Å². The van der Waals surface area contributed by atoms with Crippen molar-refractivity contribution in [3.05, 3.63) is 53.7 Å². The van der Waals surface area contributed by atoms with Crippen molar-refractivity contribution in [1.29, 1.82) is 0 Å². The van der Waals surface area contributed by atoms with E-state index in [4.69, 9.17) is 14.2 Å². The zero-order valence-corrected chi connectivity index (χ0v) is 22.6. The van der Waals surface area contributed by atoms with E-state index in [0.717, 1.165) is 62.2 Å². The van der Waals surface area contributed by atoms with Gasteiger partial charge in [-0.3, -0.25) is 9.59 Å². The van der Waals surface area contributed by atoms with Crippen LogP contribution in [0.3, 0.4) is 0 Å². The molecule has 38 heavy (non-hydrogen) atoms. The van der Waals surface area contributed by atoms with Gasteiger partial charge in [-0.25, -0.2) is 0 Å². The summed E-state index contributed by atoms with van der Waals surface area (Å²) in [6.45, 7) is 6.26. The van der Waals surface area contributed by atoms with E-state index < -0.39 is 0 Å². The highest BCUT2D eigenvalue weighted by Crippen LogP contribution is 2.44. The van der Waals surface area contributed by atoms with Crippen LogP contribution in [0.1, 0.15) is 24.0 Å². The van der Waals surface area contributed by atoms with Gasteiger partial charge in [-0.05, 0) is 43.8 Å². The zero-order chi connectivity index (χ0) is 26.8. The Morgan fingerprint density at radius 2 is 1.47 bits per heavy atom. The Bertz CT molecular complexity index is 1370. The highest BCUT2D eigenvalue weighted by atomic mass is 16.5. The van der Waals surface area contributed by atoms with Crippen LogP contribution in [0.5, 0.6) is 17.2 Å². The number of aryl methyl sites for hydroxylation is 1. The highest BCUT2D eigenvalue weighted by molar-refractivity contribution is 6.51. The Labute approximate surface area is 223 Å². The molecule has 2 aliphatic rings. The molecule has 2 heterocycles. The quantitative estimate of drug-likeness (QED) is 0.400. The van der Waals surface area contributed by atoms with Gasteiger partial charge in [0.1, 0.15) is 0 Å². The number of carbonyl (C=O) groups is 2. The molecule has 0 atom stereocenters. The van der Waals surface area contributed by atoms with Crippen LogP contribution in [-0.4, -0.2) is 87.0 Å². The molecule has 1 aliphatic heterocycles. The number of fused-ring (bicyclic) bond motifs is 1. The molecule has 8 nitrogen and oxygen atoms in total. The predicted octanol–water partition coefficient (Wildman–Crippen LogP) is 3.76. The second kappa shape index (κ2) is 11.0. The summed E-state index contributed by atoms with van der Waals surface area (Å²) in [6, 6.07) is 11.6. The molecule has 0 unspecified atom stereocenters. The number of likely N-dealkylation sites (N-methyl/N-ethyl adjacent to an activating group) is 1. The molecule has 1 saturated heterocycles. The van der Waals surface area contributed by atoms with Crippen LogP contribution in [0.15, 0.2) is 42.6 Å². The minimum absolute atomic E-state index is 0.149. The number of allylic oxidation sites excluding steroid dienone is 2. The lowest BCUT2D eigenvalue weighted by molar-refractivity contribution is -0.119. The van der Waals surface area contributed by atoms with Gasteiger partial charge in [0.2, 0.25) is 5.75 Å². The lowest BCUT2D eigenvalue weighted by Crippen LogP contribution is -2.44. The molecule has 0 saturated carbocycles. The van der Waals surface area contributed by atoms with Gasteiger partial charge in [0, 0.05) is 66.5 Å². The van der Waals surface area contributed by atoms with E-state index in [1.165, 1.54) is 21.3 Å². The average molecular weight is 518 g/mol. The molecule has 3 aromatic rings. The lowest BCUT2D eigenvalue weighted by Gasteiger charge is -2.32. The first-order valence-corrected chi connectivity index (χ1v) is 13.0. The van der Waals surface area contributed by atoms with Crippen molar-refractivity contribution in [1.82, 2.24) is 14.4 Å². The Morgan fingerprint density at radius 3 is 2.13 bits per heavy atom. The summed E-state index contributed by atoms with van der Waals surface area (Å²) >= 11 is 0. The van der Waals surface area contributed by atoms with Crippen LogP contribution in [-0.2, 0) is 16.1 Å². The first-order valence-electron chi connectivity index (χ1n) is 13.0. The number of methoxy groups -OCH3 is 3. The van der Waals surface area contributed by atoms with Crippen LogP contribution < -0.4 is 14.2 Å². The third kappa shape index (κ3) is 4.81. The molecule has 0 N–H and O–H groups in total. The first-order chi connectivity index (χ1) is 18.4. The highest BCUT2D eigenvalue weighted by Gasteiger charge is 2.35. The lowest BCUT2D eigenvalue weighted by atomic mass is 9.95. The van der Waals surface area contributed by atoms with Gasteiger partial charge >= 0.3 is 0 Å². The third-order valence-electron chi connectivity index (χ3n) is 7.61. The summed E-state index contributed by atoms with van der Waals surface area (Å²) in [5.41, 5.74) is 3.29. The molecule has 1 fully saturated rings. The topological polar surface area (TPSA) is 73.2 Å². The van der Waals surface area contributed by atoms with E-state index in [1.807, 2.05) is 24.4 Å². The predicted molar refractivity (Wildman–Crippen MR) is 148 cm³/mol. The normalized spacial score (nSPS) is 17.1. The minimum atomic E-state index is -0.203. The summed E-state index contributed by atoms with van der Waals surface area (Å²) in [6.07, 6.45) is 2.90. The summed E-state index contributed by atoms with van der Waals surface area (Å²) in [4.78, 5) is 31.4. The van der Waals surface area contributed by atoms with Gasteiger partial charge in [0.25, 0.3) is 0 Å². The van der Waals surface area contributed by atoms with Crippen molar-refractivity contribution in [2.45, 2.75) is 19.4 Å². The minimum Gasteiger partial charge on any atom is -0.493 e. The number of nitrogens with zero attached hydrogens (tertiary/aromatic N) is 3. The molecule has 2 aromatic carbocycles. The molecule has 0 bridgehead atoms. The average Bonchev–Trinajstić information content (AvgIpc) is 3.44. The van der Waals surface area contributed by atoms with Crippen molar-refractivity contribution < 1.29 is 23.8 Å². The van der Waals surface area contributed by atoms with Crippen molar-refractivity contribution in [2.24, 2.45) is 0 Å². The molecule has 0 radical (unpaired) electrons. The van der Waals surface area contributed by atoms with Crippen molar-refractivity contribution in [3.8, 4) is 17.2 Å². The monoisotopic (exact) mass is 517 g/mol. The number of aromatic nitrogens is 1. The Kier molecular flexibility index (Phi) is 7.53. The number of para-hydroxylation sites is 1. The van der Waals surface area contributed by atoms with E-state index in [0.29, 0.717) is 34.0 Å². The van der Waals surface area contributed by atoms with E-state index in [9.17, 15) is 9.59 Å². The maximum absolute atomic E-state index is 13.3. The number of piperazine rings is 1. The summed E-state index contributed by atoms with van der Waals surface area (Å²) in [5, 5.41) is 0.968. The Morgan fingerprint density at radius 1 is 0.816 bits per heavy atom. The van der Waals surface area contributed by atoms with Crippen LogP contribution in [0.2, 0.25) is 0 Å². The Hall–Kier alpha value is -3.62. The molecule has 0 spiro atoms. The molecule has 5 rings (SSSR count). The fraction of sp³-hybridized carbons (Fsp3) is 0.400. The molecule has 200 valence electrons. The van der Waals surface area contributed by atoms with E-state index in [1.54, 1.807) is 12.1 Å². The standard InChI is InChI=1S/C30H35N3O5/c1-31-12-14-32(15-13-31)10-7-11-33-19-22(21-8-5-6-9-23(21)33)29-25(35)18-24(34)28(29)20-16-26(36-2)30(38-4)27(17-20)37-3/h5-6,8-9,16-17,19H,7,10-15,18H2,1-4H3. The smallest absolute Gasteiger partial charge is 0.203 e. The van der Waals surface area contributed by atoms with Gasteiger partial charge in [-0.1, -0.05) is 18.2 Å². The Balaban J connectivity index is 1.54. The van der Waals surface area contributed by atoms with Gasteiger partial charge in [0.15, 0.2) is 23.1 Å². The van der Waals surface area contributed by atoms with Crippen LogP contribution in [0.4, 0.5) is 0 Å². The van der Waals surface area contributed by atoms with Crippen LogP contribution >= 0.6 is 0 Å². The van der Waals surface area contributed by atoms with Crippen molar-refractivity contribution in [2.75, 3.05) is 61.1 Å². The van der Waals surface area contributed by atoms with E-state index in [2.05, 4.69) is 27.5 Å².